The molecular weight excluding hydrogens is 613 g/mol. The maximum atomic E-state index is 14.4. The van der Waals surface area contributed by atoms with Crippen LogP contribution in [0.3, 0.4) is 0 Å². The highest BCUT2D eigenvalue weighted by Crippen LogP contribution is 2.48. The van der Waals surface area contributed by atoms with Crippen LogP contribution in [0.25, 0.3) is 28.0 Å². The molecule has 2 unspecified atom stereocenters. The molecule has 1 saturated heterocycles. The number of aryl methyl sites for hydroxylation is 1. The average molecular weight is 649 g/mol. The zero-order chi connectivity index (χ0) is 32.3. The lowest BCUT2D eigenvalue weighted by atomic mass is 9.99. The number of phenolic OH excluding ortho intramolecular Hbond substituents is 1. The van der Waals surface area contributed by atoms with E-state index in [1.165, 1.54) is 16.7 Å². The van der Waals surface area contributed by atoms with Crippen molar-refractivity contribution in [2.24, 2.45) is 0 Å². The molecule has 2 atom stereocenters. The molecular formula is C33H35Cl2N7O3. The van der Waals surface area contributed by atoms with Gasteiger partial charge in [-0.2, -0.15) is 4.98 Å². The highest BCUT2D eigenvalue weighted by Gasteiger charge is 2.39. The van der Waals surface area contributed by atoms with E-state index in [9.17, 15) is 14.7 Å². The highest BCUT2D eigenvalue weighted by molar-refractivity contribution is 6.39. The minimum Gasteiger partial charge on any atom is -0.507 e. The summed E-state index contributed by atoms with van der Waals surface area (Å²) >= 11 is 13.9. The lowest BCUT2D eigenvalue weighted by Crippen LogP contribution is -2.60. The largest absolute Gasteiger partial charge is 0.507 e. The number of halogens is 2. The Bertz CT molecular complexity index is 1910. The Hall–Kier alpha value is -4.15. The number of hydrogen-bond donors (Lipinski definition) is 1. The van der Waals surface area contributed by atoms with E-state index in [1.807, 2.05) is 50.6 Å². The van der Waals surface area contributed by atoms with Crippen LogP contribution in [-0.4, -0.2) is 74.2 Å². The normalized spacial score (nSPS) is 18.2. The number of carbonyl (C=O) groups is 1. The molecule has 2 aliphatic heterocycles. The molecule has 4 aromatic rings. The van der Waals surface area contributed by atoms with E-state index in [1.54, 1.807) is 18.3 Å². The second-order valence-electron chi connectivity index (χ2n) is 12.1. The number of hydrogen-bond acceptors (Lipinski definition) is 8. The minimum atomic E-state index is -0.523. The summed E-state index contributed by atoms with van der Waals surface area (Å²) in [5, 5.41) is 12.1. The number of carbonyl (C=O) groups excluding carboxylic acids is 1. The van der Waals surface area contributed by atoms with E-state index in [0.717, 1.165) is 11.3 Å². The van der Waals surface area contributed by atoms with Gasteiger partial charge < -0.3 is 19.8 Å². The van der Waals surface area contributed by atoms with E-state index >= 15 is 0 Å². The molecule has 1 amide bonds. The summed E-state index contributed by atoms with van der Waals surface area (Å²) in [6, 6.07) is 6.40. The summed E-state index contributed by atoms with van der Waals surface area (Å²) in [6.07, 6.45) is 3.74. The Kier molecular flexibility index (Phi) is 7.99. The average Bonchev–Trinajstić information content (AvgIpc) is 2.99. The highest BCUT2D eigenvalue weighted by atomic mass is 35.5. The number of amides is 1. The fourth-order valence-electron chi connectivity index (χ4n) is 6.58. The van der Waals surface area contributed by atoms with Gasteiger partial charge in [-0.05, 0) is 56.0 Å². The van der Waals surface area contributed by atoms with Gasteiger partial charge in [-0.25, -0.2) is 14.3 Å². The number of benzene rings is 1. The fraction of sp³-hybridized carbons (Fsp3) is 0.364. The van der Waals surface area contributed by atoms with Crippen molar-refractivity contribution in [2.45, 2.75) is 52.1 Å². The first-order valence-corrected chi connectivity index (χ1v) is 15.7. The summed E-state index contributed by atoms with van der Waals surface area (Å²) in [5.74, 6) is 0.223. The smallest absolute Gasteiger partial charge is 0.355 e. The lowest BCUT2D eigenvalue weighted by Gasteiger charge is -2.47. The monoisotopic (exact) mass is 647 g/mol. The minimum absolute atomic E-state index is 0.0114. The van der Waals surface area contributed by atoms with Crippen LogP contribution < -0.4 is 15.5 Å². The molecule has 0 saturated carbocycles. The van der Waals surface area contributed by atoms with Crippen molar-refractivity contribution in [3.8, 4) is 22.7 Å². The van der Waals surface area contributed by atoms with Gasteiger partial charge in [0.05, 0.1) is 43.8 Å². The van der Waals surface area contributed by atoms with Gasteiger partial charge in [0.2, 0.25) is 5.91 Å². The van der Waals surface area contributed by atoms with Crippen LogP contribution in [0, 0.1) is 6.92 Å². The van der Waals surface area contributed by atoms with Gasteiger partial charge >= 0.3 is 5.69 Å². The number of anilines is 2. The number of fused-ring (bicyclic) bond motifs is 2. The van der Waals surface area contributed by atoms with Crippen LogP contribution in [-0.2, 0) is 4.79 Å². The molecule has 234 valence electrons. The van der Waals surface area contributed by atoms with Crippen LogP contribution in [0.5, 0.6) is 5.75 Å². The SMILES string of the molecule is C=CC(=O)N1CC2CCN(C)c3c(Cl)c(-c4c(O)cccc4Cl)nc4c3c(nc(=O)n4-c3c(C)ccnc3C(C)C)N2CC1C. The summed E-state index contributed by atoms with van der Waals surface area (Å²) in [6.45, 7) is 13.1. The van der Waals surface area contributed by atoms with Crippen LogP contribution in [0.4, 0.5) is 11.5 Å². The molecule has 2 aliphatic rings. The third-order valence-corrected chi connectivity index (χ3v) is 9.50. The molecule has 0 bridgehead atoms. The topological polar surface area (TPSA) is 108 Å². The van der Waals surface area contributed by atoms with Gasteiger partial charge in [-0.15, -0.1) is 0 Å². The summed E-state index contributed by atoms with van der Waals surface area (Å²) in [7, 11) is 1.93. The predicted octanol–water partition coefficient (Wildman–Crippen LogP) is 5.72. The number of pyridine rings is 2. The second kappa shape index (κ2) is 11.7. The van der Waals surface area contributed by atoms with Crippen molar-refractivity contribution in [3.05, 3.63) is 74.9 Å². The van der Waals surface area contributed by atoms with Crippen molar-refractivity contribution >= 4 is 51.6 Å². The van der Waals surface area contributed by atoms with E-state index in [0.29, 0.717) is 54.3 Å². The number of phenols is 1. The Morgan fingerprint density at radius 1 is 1.16 bits per heavy atom. The standard InChI is InChI=1S/C33H35Cl2N7O3/c1-7-23(44)40-16-20-12-14-39(6)30-25-31(41(20)15-19(40)5)38-33(45)42(29-18(4)11-13-36-27(29)17(2)3)32(25)37-28(26(30)35)24-21(34)9-8-10-22(24)43/h7-11,13,17,19-20,43H,1,12,14-16H2,2-6H3. The van der Waals surface area contributed by atoms with Crippen molar-refractivity contribution in [1.29, 1.82) is 0 Å². The zero-order valence-electron chi connectivity index (χ0n) is 25.9. The fourth-order valence-corrected chi connectivity index (χ4v) is 7.22. The Balaban J connectivity index is 1.76. The molecule has 1 fully saturated rings. The molecule has 6 rings (SSSR count). The molecule has 10 nitrogen and oxygen atoms in total. The van der Waals surface area contributed by atoms with Crippen LogP contribution in [0.15, 0.2) is 47.9 Å². The lowest BCUT2D eigenvalue weighted by molar-refractivity contribution is -0.128. The van der Waals surface area contributed by atoms with Gasteiger partial charge in [0.1, 0.15) is 11.6 Å². The van der Waals surface area contributed by atoms with Crippen molar-refractivity contribution in [3.63, 3.8) is 0 Å². The molecule has 5 heterocycles. The number of nitrogens with zero attached hydrogens (tertiary/aromatic N) is 7. The van der Waals surface area contributed by atoms with Gasteiger partial charge in [0, 0.05) is 45.0 Å². The van der Waals surface area contributed by atoms with E-state index in [4.69, 9.17) is 33.2 Å². The molecule has 3 aromatic heterocycles. The van der Waals surface area contributed by atoms with Gasteiger partial charge in [-0.1, -0.05) is 49.7 Å². The number of aromatic nitrogens is 4. The van der Waals surface area contributed by atoms with Crippen molar-refractivity contribution in [1.82, 2.24) is 24.4 Å². The number of piperazine rings is 1. The van der Waals surface area contributed by atoms with Crippen molar-refractivity contribution < 1.29 is 9.90 Å². The van der Waals surface area contributed by atoms with Crippen LogP contribution in [0.2, 0.25) is 10.0 Å². The van der Waals surface area contributed by atoms with Gasteiger partial charge in [-0.3, -0.25) is 9.78 Å². The van der Waals surface area contributed by atoms with Crippen LogP contribution >= 0.6 is 23.2 Å². The first-order valence-electron chi connectivity index (χ1n) is 14.9. The van der Waals surface area contributed by atoms with E-state index in [-0.39, 0.29) is 51.0 Å². The summed E-state index contributed by atoms with van der Waals surface area (Å²) in [5.41, 5.74) is 3.08. The summed E-state index contributed by atoms with van der Waals surface area (Å²) < 4.78 is 1.51. The zero-order valence-corrected chi connectivity index (χ0v) is 27.4. The maximum Gasteiger partial charge on any atom is 0.355 e. The second-order valence-corrected chi connectivity index (χ2v) is 12.9. The maximum absolute atomic E-state index is 14.4. The van der Waals surface area contributed by atoms with E-state index < -0.39 is 5.69 Å². The van der Waals surface area contributed by atoms with Gasteiger partial charge in [0.15, 0.2) is 5.65 Å². The molecule has 45 heavy (non-hydrogen) atoms. The number of aromatic hydroxyl groups is 1. The van der Waals surface area contributed by atoms with Crippen molar-refractivity contribution in [2.75, 3.05) is 36.5 Å². The Labute approximate surface area is 271 Å². The number of rotatable bonds is 4. The predicted molar refractivity (Wildman–Crippen MR) is 179 cm³/mol. The molecule has 1 aromatic carbocycles. The van der Waals surface area contributed by atoms with E-state index in [2.05, 4.69) is 16.5 Å². The molecule has 0 radical (unpaired) electrons. The summed E-state index contributed by atoms with van der Waals surface area (Å²) in [4.78, 5) is 47.5. The Morgan fingerprint density at radius 3 is 2.60 bits per heavy atom. The molecule has 12 heteroatoms. The molecule has 0 spiro atoms. The Morgan fingerprint density at radius 2 is 1.91 bits per heavy atom. The first-order chi connectivity index (χ1) is 21.4. The van der Waals surface area contributed by atoms with Gasteiger partial charge in [0.25, 0.3) is 0 Å². The molecule has 0 aliphatic carbocycles. The molecule has 1 N–H and O–H groups in total. The third-order valence-electron chi connectivity index (χ3n) is 8.83. The van der Waals surface area contributed by atoms with Crippen LogP contribution in [0.1, 0.15) is 44.4 Å². The third kappa shape index (κ3) is 5.00. The quantitative estimate of drug-likeness (QED) is 0.280. The first kappa shape index (κ1) is 30.9.